The molecule has 0 aliphatic rings. The Morgan fingerprint density at radius 1 is 1.24 bits per heavy atom. The summed E-state index contributed by atoms with van der Waals surface area (Å²) in [6.07, 6.45) is 0. The van der Waals surface area contributed by atoms with Crippen molar-refractivity contribution in [1.82, 2.24) is 9.97 Å². The summed E-state index contributed by atoms with van der Waals surface area (Å²) in [5.41, 5.74) is 9.04. The third kappa shape index (κ3) is 2.89. The molecular formula is C16H17N3OS. The quantitative estimate of drug-likeness (QED) is 0.770. The number of aromatic nitrogens is 2. The maximum atomic E-state index is 6.02. The van der Waals surface area contributed by atoms with Crippen LogP contribution in [0.2, 0.25) is 0 Å². The minimum Gasteiger partial charge on any atom is -0.497 e. The van der Waals surface area contributed by atoms with Gasteiger partial charge in [0.15, 0.2) is 5.16 Å². The average Bonchev–Trinajstić information content (AvgIpc) is 2.88. The summed E-state index contributed by atoms with van der Waals surface area (Å²) < 4.78 is 5.23. The average molecular weight is 299 g/mol. The van der Waals surface area contributed by atoms with Crippen molar-refractivity contribution in [2.75, 3.05) is 7.11 Å². The minimum atomic E-state index is -0.00169. The number of hydrogen-bond donors (Lipinski definition) is 2. The van der Waals surface area contributed by atoms with Crippen molar-refractivity contribution in [3.8, 4) is 5.75 Å². The largest absolute Gasteiger partial charge is 0.497 e. The molecule has 0 amide bonds. The third-order valence-electron chi connectivity index (χ3n) is 3.28. The number of benzene rings is 2. The number of nitrogens with one attached hydrogen (secondary N) is 1. The van der Waals surface area contributed by atoms with Crippen LogP contribution in [0.5, 0.6) is 5.75 Å². The molecular weight excluding hydrogens is 282 g/mol. The highest BCUT2D eigenvalue weighted by Gasteiger charge is 2.10. The van der Waals surface area contributed by atoms with E-state index in [1.54, 1.807) is 18.9 Å². The van der Waals surface area contributed by atoms with Gasteiger partial charge in [0.25, 0.3) is 0 Å². The van der Waals surface area contributed by atoms with Gasteiger partial charge in [0.2, 0.25) is 0 Å². The summed E-state index contributed by atoms with van der Waals surface area (Å²) in [5, 5.41) is 0.853. The normalized spacial score (nSPS) is 12.5. The molecule has 1 heterocycles. The summed E-state index contributed by atoms with van der Waals surface area (Å²) in [6.45, 7) is 1.99. The Morgan fingerprint density at radius 3 is 2.81 bits per heavy atom. The number of nitrogens with two attached hydrogens (primary N) is 1. The van der Waals surface area contributed by atoms with Crippen LogP contribution in [0.3, 0.4) is 0 Å². The first-order valence-corrected chi connectivity index (χ1v) is 7.55. The Labute approximate surface area is 127 Å². The van der Waals surface area contributed by atoms with Crippen LogP contribution in [0.15, 0.2) is 52.5 Å². The van der Waals surface area contributed by atoms with E-state index in [9.17, 15) is 0 Å². The number of aromatic amines is 1. The molecule has 0 saturated heterocycles. The van der Waals surface area contributed by atoms with Crippen LogP contribution in [0.25, 0.3) is 11.0 Å². The highest BCUT2D eigenvalue weighted by atomic mass is 32.2. The molecule has 0 fully saturated rings. The van der Waals surface area contributed by atoms with E-state index in [4.69, 9.17) is 10.5 Å². The van der Waals surface area contributed by atoms with Crippen LogP contribution in [0.4, 0.5) is 0 Å². The van der Waals surface area contributed by atoms with Crippen molar-refractivity contribution in [3.63, 3.8) is 0 Å². The van der Waals surface area contributed by atoms with Gasteiger partial charge in [0.05, 0.1) is 18.1 Å². The number of nitrogens with zero attached hydrogens (tertiary/aromatic N) is 1. The van der Waals surface area contributed by atoms with Crippen LogP contribution in [0.1, 0.15) is 18.5 Å². The lowest BCUT2D eigenvalue weighted by Crippen LogP contribution is -2.06. The van der Waals surface area contributed by atoms with E-state index in [1.165, 1.54) is 0 Å². The Kier molecular flexibility index (Phi) is 3.86. The molecule has 1 unspecified atom stereocenters. The van der Waals surface area contributed by atoms with Crippen LogP contribution in [-0.2, 0) is 0 Å². The van der Waals surface area contributed by atoms with Crippen LogP contribution in [0, 0.1) is 0 Å². The molecule has 21 heavy (non-hydrogen) atoms. The second kappa shape index (κ2) is 5.79. The van der Waals surface area contributed by atoms with Crippen molar-refractivity contribution in [2.24, 2.45) is 5.73 Å². The van der Waals surface area contributed by atoms with Crippen LogP contribution >= 0.6 is 11.8 Å². The fourth-order valence-corrected chi connectivity index (χ4v) is 3.23. The van der Waals surface area contributed by atoms with E-state index >= 15 is 0 Å². The number of rotatable bonds is 4. The number of ether oxygens (including phenoxy) is 1. The molecule has 0 radical (unpaired) electrons. The van der Waals surface area contributed by atoms with Gasteiger partial charge in [-0.25, -0.2) is 4.98 Å². The van der Waals surface area contributed by atoms with Gasteiger partial charge in [-0.2, -0.15) is 0 Å². The van der Waals surface area contributed by atoms with Crippen molar-refractivity contribution < 1.29 is 4.74 Å². The zero-order valence-electron chi connectivity index (χ0n) is 12.0. The summed E-state index contributed by atoms with van der Waals surface area (Å²) in [7, 11) is 1.66. The van der Waals surface area contributed by atoms with E-state index in [0.717, 1.165) is 32.4 Å². The second-order valence-electron chi connectivity index (χ2n) is 4.85. The predicted octanol–water partition coefficient (Wildman–Crippen LogP) is 3.74. The van der Waals surface area contributed by atoms with Crippen LogP contribution in [-0.4, -0.2) is 17.1 Å². The predicted molar refractivity (Wildman–Crippen MR) is 85.8 cm³/mol. The maximum Gasteiger partial charge on any atom is 0.171 e. The second-order valence-corrected chi connectivity index (χ2v) is 5.88. The standard InChI is InChI=1S/C16H17N3OS/c1-10(17)12-5-3-4-6-15(12)21-16-18-13-8-7-11(20-2)9-14(13)19-16/h3-10H,17H2,1-2H3,(H,18,19). The summed E-state index contributed by atoms with van der Waals surface area (Å²) in [6, 6.07) is 13.9. The molecule has 0 saturated carbocycles. The minimum absolute atomic E-state index is 0.00169. The molecule has 5 heteroatoms. The monoisotopic (exact) mass is 299 g/mol. The zero-order chi connectivity index (χ0) is 14.8. The van der Waals surface area contributed by atoms with Crippen molar-refractivity contribution in [1.29, 1.82) is 0 Å². The SMILES string of the molecule is COc1ccc2nc(Sc3ccccc3C(C)N)[nH]c2c1. The van der Waals surface area contributed by atoms with Gasteiger partial charge in [-0.05, 0) is 30.7 Å². The van der Waals surface area contributed by atoms with Gasteiger partial charge in [0, 0.05) is 17.0 Å². The zero-order valence-corrected chi connectivity index (χ0v) is 12.8. The summed E-state index contributed by atoms with van der Waals surface area (Å²) in [5.74, 6) is 0.818. The van der Waals surface area contributed by atoms with Crippen molar-refractivity contribution >= 4 is 22.8 Å². The van der Waals surface area contributed by atoms with Crippen molar-refractivity contribution in [2.45, 2.75) is 23.0 Å². The lowest BCUT2D eigenvalue weighted by Gasteiger charge is -2.10. The highest BCUT2D eigenvalue weighted by molar-refractivity contribution is 7.99. The van der Waals surface area contributed by atoms with Gasteiger partial charge in [0.1, 0.15) is 5.75 Å². The molecule has 3 aromatic rings. The molecule has 108 valence electrons. The number of hydrogen-bond acceptors (Lipinski definition) is 4. The van der Waals surface area contributed by atoms with Gasteiger partial charge in [-0.15, -0.1) is 0 Å². The van der Waals surface area contributed by atoms with Gasteiger partial charge >= 0.3 is 0 Å². The first kappa shape index (κ1) is 14.0. The lowest BCUT2D eigenvalue weighted by molar-refractivity contribution is 0.415. The molecule has 1 aromatic heterocycles. The Hall–Kier alpha value is -1.98. The number of imidazole rings is 1. The number of H-pyrrole nitrogens is 1. The van der Waals surface area contributed by atoms with Gasteiger partial charge in [-0.3, -0.25) is 0 Å². The van der Waals surface area contributed by atoms with Gasteiger partial charge < -0.3 is 15.5 Å². The Morgan fingerprint density at radius 2 is 2.05 bits per heavy atom. The highest BCUT2D eigenvalue weighted by Crippen LogP contribution is 2.32. The van der Waals surface area contributed by atoms with E-state index in [-0.39, 0.29) is 6.04 Å². The maximum absolute atomic E-state index is 6.02. The fraction of sp³-hybridized carbons (Fsp3) is 0.188. The van der Waals surface area contributed by atoms with Gasteiger partial charge in [-0.1, -0.05) is 30.0 Å². The fourth-order valence-electron chi connectivity index (χ4n) is 2.19. The molecule has 0 spiro atoms. The van der Waals surface area contributed by atoms with E-state index in [0.29, 0.717) is 0 Å². The molecule has 2 aromatic carbocycles. The van der Waals surface area contributed by atoms with E-state index in [1.807, 2.05) is 37.3 Å². The lowest BCUT2D eigenvalue weighted by atomic mass is 10.1. The van der Waals surface area contributed by atoms with Crippen LogP contribution < -0.4 is 10.5 Å². The van der Waals surface area contributed by atoms with E-state index in [2.05, 4.69) is 22.1 Å². The molecule has 4 nitrogen and oxygen atoms in total. The molecule has 0 aliphatic carbocycles. The summed E-state index contributed by atoms with van der Waals surface area (Å²) >= 11 is 1.59. The van der Waals surface area contributed by atoms with Crippen molar-refractivity contribution in [3.05, 3.63) is 48.0 Å². The molecule has 0 bridgehead atoms. The topological polar surface area (TPSA) is 63.9 Å². The number of fused-ring (bicyclic) bond motifs is 1. The Bertz CT molecular complexity index is 767. The summed E-state index contributed by atoms with van der Waals surface area (Å²) in [4.78, 5) is 9.03. The first-order chi connectivity index (χ1) is 10.2. The van der Waals surface area contributed by atoms with E-state index < -0.39 is 0 Å². The molecule has 0 aliphatic heterocycles. The molecule has 3 rings (SSSR count). The number of methoxy groups -OCH3 is 1. The first-order valence-electron chi connectivity index (χ1n) is 6.73. The molecule has 1 atom stereocenters. The Balaban J connectivity index is 1.95. The molecule has 3 N–H and O–H groups in total. The smallest absolute Gasteiger partial charge is 0.171 e. The third-order valence-corrected chi connectivity index (χ3v) is 4.26.